The number of hydrogen-bond donors (Lipinski definition) is 0. The fraction of sp³-hybridized carbons (Fsp3) is 0.0769. The van der Waals surface area contributed by atoms with Crippen molar-refractivity contribution in [1.29, 1.82) is 0 Å². The number of fused-ring (bicyclic) bond motifs is 3. The van der Waals surface area contributed by atoms with Crippen LogP contribution in [0.2, 0.25) is 0 Å². The SMILES string of the molecule is Cc1ccc2c(c1)oc1cc[c]cc12. The predicted molar refractivity (Wildman–Crippen MR) is 57.3 cm³/mol. The van der Waals surface area contributed by atoms with Crippen molar-refractivity contribution >= 4 is 21.9 Å². The number of rotatable bonds is 0. The van der Waals surface area contributed by atoms with Crippen LogP contribution in [-0.4, -0.2) is 0 Å². The van der Waals surface area contributed by atoms with Gasteiger partial charge in [0.05, 0.1) is 0 Å². The lowest BCUT2D eigenvalue weighted by Gasteiger charge is -1.90. The average molecular weight is 181 g/mol. The fourth-order valence-corrected chi connectivity index (χ4v) is 1.77. The van der Waals surface area contributed by atoms with Crippen LogP contribution in [0.25, 0.3) is 21.9 Å². The van der Waals surface area contributed by atoms with E-state index in [1.807, 2.05) is 18.2 Å². The van der Waals surface area contributed by atoms with Gasteiger partial charge >= 0.3 is 0 Å². The highest BCUT2D eigenvalue weighted by atomic mass is 16.3. The highest BCUT2D eigenvalue weighted by Crippen LogP contribution is 2.28. The first-order chi connectivity index (χ1) is 6.84. The van der Waals surface area contributed by atoms with Crippen molar-refractivity contribution < 1.29 is 4.42 Å². The molecule has 0 saturated carbocycles. The molecule has 67 valence electrons. The summed E-state index contributed by atoms with van der Waals surface area (Å²) in [4.78, 5) is 0. The molecule has 0 bridgehead atoms. The lowest BCUT2D eigenvalue weighted by molar-refractivity contribution is 0.668. The monoisotopic (exact) mass is 181 g/mol. The molecule has 1 heteroatoms. The summed E-state index contributed by atoms with van der Waals surface area (Å²) in [6.45, 7) is 2.07. The van der Waals surface area contributed by atoms with Crippen molar-refractivity contribution in [3.05, 3.63) is 48.0 Å². The van der Waals surface area contributed by atoms with Crippen LogP contribution in [0.5, 0.6) is 0 Å². The Morgan fingerprint density at radius 2 is 2.00 bits per heavy atom. The first-order valence-corrected chi connectivity index (χ1v) is 4.63. The second-order valence-corrected chi connectivity index (χ2v) is 3.52. The lowest BCUT2D eigenvalue weighted by atomic mass is 10.1. The van der Waals surface area contributed by atoms with Crippen LogP contribution in [0.4, 0.5) is 0 Å². The predicted octanol–water partition coefficient (Wildman–Crippen LogP) is 3.69. The third-order valence-corrected chi connectivity index (χ3v) is 2.47. The van der Waals surface area contributed by atoms with E-state index in [1.54, 1.807) is 0 Å². The van der Waals surface area contributed by atoms with E-state index in [-0.39, 0.29) is 0 Å². The van der Waals surface area contributed by atoms with Gasteiger partial charge in [0.25, 0.3) is 0 Å². The molecule has 0 amide bonds. The first-order valence-electron chi connectivity index (χ1n) is 4.63. The number of aryl methyl sites for hydroxylation is 1. The third kappa shape index (κ3) is 0.956. The molecule has 0 unspecified atom stereocenters. The molecule has 0 atom stereocenters. The van der Waals surface area contributed by atoms with Crippen LogP contribution in [0, 0.1) is 13.0 Å². The molecular weight excluding hydrogens is 172 g/mol. The minimum atomic E-state index is 0.935. The summed E-state index contributed by atoms with van der Waals surface area (Å²) in [5.74, 6) is 0. The smallest absolute Gasteiger partial charge is 0.135 e. The molecule has 1 aromatic heterocycles. The third-order valence-electron chi connectivity index (χ3n) is 2.47. The Labute approximate surface area is 82.0 Å². The summed E-state index contributed by atoms with van der Waals surface area (Å²) in [5, 5.41) is 2.31. The maximum atomic E-state index is 5.71. The Bertz CT molecular complexity index is 605. The maximum absolute atomic E-state index is 5.71. The van der Waals surface area contributed by atoms with Crippen molar-refractivity contribution in [1.82, 2.24) is 0 Å². The quantitative estimate of drug-likeness (QED) is 0.515. The number of benzene rings is 2. The van der Waals surface area contributed by atoms with Gasteiger partial charge in [-0.1, -0.05) is 18.2 Å². The summed E-state index contributed by atoms with van der Waals surface area (Å²) in [6, 6.07) is 15.1. The normalized spacial score (nSPS) is 11.2. The maximum Gasteiger partial charge on any atom is 0.135 e. The summed E-state index contributed by atoms with van der Waals surface area (Å²) in [6.07, 6.45) is 0. The van der Waals surface area contributed by atoms with Crippen molar-refractivity contribution in [3.8, 4) is 0 Å². The van der Waals surface area contributed by atoms with Gasteiger partial charge in [-0.15, -0.1) is 0 Å². The second kappa shape index (κ2) is 2.61. The van der Waals surface area contributed by atoms with Gasteiger partial charge in [0.2, 0.25) is 0 Å². The zero-order valence-electron chi connectivity index (χ0n) is 7.87. The zero-order valence-corrected chi connectivity index (χ0v) is 7.87. The van der Waals surface area contributed by atoms with E-state index in [9.17, 15) is 0 Å². The van der Waals surface area contributed by atoms with E-state index in [2.05, 4.69) is 31.2 Å². The Balaban J connectivity index is 2.57. The Hall–Kier alpha value is -1.76. The fourth-order valence-electron chi connectivity index (χ4n) is 1.77. The summed E-state index contributed by atoms with van der Waals surface area (Å²) in [5.41, 5.74) is 3.12. The molecule has 0 N–H and O–H groups in total. The minimum Gasteiger partial charge on any atom is -0.456 e. The van der Waals surface area contributed by atoms with Gasteiger partial charge in [-0.25, -0.2) is 0 Å². The van der Waals surface area contributed by atoms with Gasteiger partial charge in [-0.3, -0.25) is 0 Å². The van der Waals surface area contributed by atoms with E-state index in [0.717, 1.165) is 16.6 Å². The molecule has 3 aromatic rings. The molecule has 0 fully saturated rings. The van der Waals surface area contributed by atoms with Gasteiger partial charge in [0.1, 0.15) is 11.2 Å². The molecular formula is C13H9O. The lowest BCUT2D eigenvalue weighted by Crippen LogP contribution is -1.69. The summed E-state index contributed by atoms with van der Waals surface area (Å²) in [7, 11) is 0. The Morgan fingerprint density at radius 1 is 1.07 bits per heavy atom. The van der Waals surface area contributed by atoms with Crippen molar-refractivity contribution in [2.24, 2.45) is 0 Å². The molecule has 0 aliphatic heterocycles. The van der Waals surface area contributed by atoms with E-state index in [4.69, 9.17) is 4.42 Å². The summed E-state index contributed by atoms with van der Waals surface area (Å²) >= 11 is 0. The van der Waals surface area contributed by atoms with Gasteiger partial charge < -0.3 is 4.42 Å². The number of hydrogen-bond acceptors (Lipinski definition) is 1. The van der Waals surface area contributed by atoms with Crippen LogP contribution >= 0.6 is 0 Å². The minimum absolute atomic E-state index is 0.935. The van der Waals surface area contributed by atoms with Crippen molar-refractivity contribution in [2.75, 3.05) is 0 Å². The van der Waals surface area contributed by atoms with Gasteiger partial charge in [0, 0.05) is 10.8 Å². The molecule has 0 aliphatic rings. The van der Waals surface area contributed by atoms with Gasteiger partial charge in [0.15, 0.2) is 0 Å². The van der Waals surface area contributed by atoms with Gasteiger partial charge in [-0.2, -0.15) is 0 Å². The van der Waals surface area contributed by atoms with E-state index in [0.29, 0.717) is 0 Å². The standard InChI is InChI=1S/C13H9O/c1-9-6-7-11-10-4-2-3-5-12(10)14-13(11)8-9/h3-8H,1H3. The van der Waals surface area contributed by atoms with Crippen LogP contribution in [-0.2, 0) is 0 Å². The first kappa shape index (κ1) is 7.63. The van der Waals surface area contributed by atoms with E-state index < -0.39 is 0 Å². The van der Waals surface area contributed by atoms with E-state index in [1.165, 1.54) is 10.9 Å². The largest absolute Gasteiger partial charge is 0.456 e. The molecule has 0 spiro atoms. The van der Waals surface area contributed by atoms with Crippen LogP contribution < -0.4 is 0 Å². The topological polar surface area (TPSA) is 13.1 Å². The zero-order chi connectivity index (χ0) is 9.54. The summed E-state index contributed by atoms with van der Waals surface area (Å²) < 4.78 is 5.71. The van der Waals surface area contributed by atoms with Crippen LogP contribution in [0.1, 0.15) is 5.56 Å². The number of furan rings is 1. The Kier molecular flexibility index (Phi) is 1.42. The molecule has 2 aromatic carbocycles. The molecule has 1 nitrogen and oxygen atoms in total. The highest BCUT2D eigenvalue weighted by Gasteiger charge is 2.04. The van der Waals surface area contributed by atoms with Crippen LogP contribution in [0.3, 0.4) is 0 Å². The molecule has 1 radical (unpaired) electrons. The highest BCUT2D eigenvalue weighted by molar-refractivity contribution is 6.04. The van der Waals surface area contributed by atoms with Crippen molar-refractivity contribution in [3.63, 3.8) is 0 Å². The molecule has 14 heavy (non-hydrogen) atoms. The van der Waals surface area contributed by atoms with Gasteiger partial charge in [-0.05, 0) is 36.8 Å². The second-order valence-electron chi connectivity index (χ2n) is 3.52. The molecule has 0 aliphatic carbocycles. The van der Waals surface area contributed by atoms with Crippen LogP contribution in [0.15, 0.2) is 40.8 Å². The molecule has 1 heterocycles. The average Bonchev–Trinajstić information content (AvgIpc) is 2.54. The molecule has 3 rings (SSSR count). The van der Waals surface area contributed by atoms with Crippen molar-refractivity contribution in [2.45, 2.75) is 6.92 Å². The molecule has 0 saturated heterocycles. The van der Waals surface area contributed by atoms with E-state index >= 15 is 0 Å². The Morgan fingerprint density at radius 3 is 2.93 bits per heavy atom.